The van der Waals surface area contributed by atoms with Gasteiger partial charge in [-0.2, -0.15) is 0 Å². The van der Waals surface area contributed by atoms with E-state index in [1.165, 1.54) is 0 Å². The molecule has 0 bridgehead atoms. The van der Waals surface area contributed by atoms with Crippen molar-refractivity contribution in [3.63, 3.8) is 0 Å². The molecule has 0 N–H and O–H groups in total. The van der Waals surface area contributed by atoms with E-state index in [0.717, 1.165) is 18.4 Å². The fourth-order valence-electron chi connectivity index (χ4n) is 1.98. The van der Waals surface area contributed by atoms with Crippen LogP contribution in [-0.4, -0.2) is 27.4 Å². The van der Waals surface area contributed by atoms with Crippen LogP contribution in [0.15, 0.2) is 30.3 Å². The molecule has 0 aromatic heterocycles. The first kappa shape index (κ1) is 16.9. The van der Waals surface area contributed by atoms with E-state index in [9.17, 15) is 9.00 Å². The summed E-state index contributed by atoms with van der Waals surface area (Å²) in [6.07, 6.45) is 1.99. The van der Waals surface area contributed by atoms with Crippen molar-refractivity contribution in [3.05, 3.63) is 35.9 Å². The fraction of sp³-hybridized carbons (Fsp3) is 0.562. The van der Waals surface area contributed by atoms with Gasteiger partial charge in [-0.1, -0.05) is 57.5 Å². The Kier molecular flexibility index (Phi) is 7.52. The molecule has 3 nitrogen and oxygen atoms in total. The van der Waals surface area contributed by atoms with Gasteiger partial charge < -0.3 is 4.90 Å². The van der Waals surface area contributed by atoms with Gasteiger partial charge in [0.1, 0.15) is 10.8 Å². The number of hydrogen-bond acceptors (Lipinski definition) is 2. The lowest BCUT2D eigenvalue weighted by atomic mass is 10.2. The van der Waals surface area contributed by atoms with Crippen LogP contribution in [0.1, 0.15) is 39.2 Å². The second kappa shape index (κ2) is 8.90. The van der Waals surface area contributed by atoms with E-state index >= 15 is 0 Å². The highest BCUT2D eigenvalue weighted by molar-refractivity contribution is 7.99. The topological polar surface area (TPSA) is 37.4 Å². The molecule has 1 rings (SSSR count). The lowest BCUT2D eigenvalue weighted by Crippen LogP contribution is -2.36. The summed E-state index contributed by atoms with van der Waals surface area (Å²) in [4.78, 5) is 14.1. The molecule has 0 aliphatic carbocycles. The molecule has 1 atom stereocenters. The van der Waals surface area contributed by atoms with E-state index in [-0.39, 0.29) is 5.24 Å². The Morgan fingerprint density at radius 1 is 1.25 bits per heavy atom. The second-order valence-corrected chi connectivity index (χ2v) is 6.76. The lowest BCUT2D eigenvalue weighted by molar-refractivity contribution is 0.213. The molecule has 4 heteroatoms. The first-order valence-corrected chi connectivity index (χ1v) is 8.57. The summed E-state index contributed by atoms with van der Waals surface area (Å²) in [5, 5.41) is -0.226. The number of carbonyl (C=O) groups is 1. The molecule has 1 aromatic carbocycles. The smallest absolute Gasteiger partial charge is 0.312 e. The van der Waals surface area contributed by atoms with Crippen molar-refractivity contribution in [1.82, 2.24) is 4.90 Å². The molecule has 0 heterocycles. The summed E-state index contributed by atoms with van der Waals surface area (Å²) in [6.45, 7) is 7.63. The molecule has 0 aliphatic rings. The zero-order valence-corrected chi connectivity index (χ0v) is 13.5. The monoisotopic (exact) mass is 295 g/mol. The maximum atomic E-state index is 12.3. The Morgan fingerprint density at radius 3 is 2.45 bits per heavy atom. The Hall–Kier alpha value is -1.16. The summed E-state index contributed by atoms with van der Waals surface area (Å²) in [7, 11) is -1.48. The second-order valence-electron chi connectivity index (χ2n) is 5.43. The predicted molar refractivity (Wildman–Crippen MR) is 85.0 cm³/mol. The van der Waals surface area contributed by atoms with E-state index in [1.807, 2.05) is 30.3 Å². The quantitative estimate of drug-likeness (QED) is 0.767. The van der Waals surface area contributed by atoms with E-state index in [2.05, 4.69) is 20.8 Å². The van der Waals surface area contributed by atoms with Gasteiger partial charge in [0.15, 0.2) is 0 Å². The van der Waals surface area contributed by atoms with Gasteiger partial charge in [0.05, 0.1) is 5.75 Å². The molecule has 1 unspecified atom stereocenters. The van der Waals surface area contributed by atoms with Gasteiger partial charge >= 0.3 is 5.24 Å². The summed E-state index contributed by atoms with van der Waals surface area (Å²) in [5.74, 6) is 0.699. The van der Waals surface area contributed by atoms with Crippen LogP contribution in [0.25, 0.3) is 0 Å². The highest BCUT2D eigenvalue weighted by atomic mass is 32.2. The van der Waals surface area contributed by atoms with Crippen LogP contribution in [0.3, 0.4) is 0 Å². The third kappa shape index (κ3) is 5.87. The van der Waals surface area contributed by atoms with Crippen molar-refractivity contribution < 1.29 is 9.00 Å². The molecule has 0 saturated heterocycles. The molecule has 0 fully saturated rings. The number of benzene rings is 1. The Labute approximate surface area is 124 Å². The van der Waals surface area contributed by atoms with Crippen LogP contribution in [0.4, 0.5) is 4.79 Å². The minimum atomic E-state index is -1.48. The van der Waals surface area contributed by atoms with E-state index < -0.39 is 10.8 Å². The maximum absolute atomic E-state index is 12.3. The number of amides is 1. The normalized spacial score (nSPS) is 12.4. The van der Waals surface area contributed by atoms with E-state index in [0.29, 0.717) is 24.8 Å². The standard InChI is InChI=1S/C16H25NO2S/c1-4-5-11-17(12-14(2)3)16(18)20(19)13-15-9-7-6-8-10-15/h6-10,14H,4-5,11-13H2,1-3H3. The minimum absolute atomic E-state index is 0.226. The fourth-order valence-corrected chi connectivity index (χ4v) is 3.05. The molecule has 0 spiro atoms. The predicted octanol–water partition coefficient (Wildman–Crippen LogP) is 3.81. The minimum Gasteiger partial charge on any atom is -0.331 e. The molecule has 0 saturated carbocycles. The van der Waals surface area contributed by atoms with Gasteiger partial charge in [0.25, 0.3) is 0 Å². The first-order valence-electron chi connectivity index (χ1n) is 7.25. The zero-order chi connectivity index (χ0) is 15.0. The largest absolute Gasteiger partial charge is 0.331 e. The SMILES string of the molecule is CCCCN(CC(C)C)C(=O)S(=O)Cc1ccccc1. The number of carbonyl (C=O) groups excluding carboxylic acids is 1. The van der Waals surface area contributed by atoms with Crippen molar-refractivity contribution >= 4 is 16.0 Å². The maximum Gasteiger partial charge on any atom is 0.312 e. The first-order chi connectivity index (χ1) is 9.54. The number of rotatable bonds is 7. The van der Waals surface area contributed by atoms with Crippen LogP contribution in [-0.2, 0) is 16.6 Å². The summed E-state index contributed by atoms with van der Waals surface area (Å²) in [5.41, 5.74) is 0.944. The number of unbranched alkanes of at least 4 members (excludes halogenated alkanes) is 1. The van der Waals surface area contributed by atoms with Gasteiger partial charge in [0, 0.05) is 13.1 Å². The summed E-state index contributed by atoms with van der Waals surface area (Å²) < 4.78 is 12.2. The molecule has 0 radical (unpaired) electrons. The molecule has 1 aromatic rings. The van der Waals surface area contributed by atoms with E-state index in [4.69, 9.17) is 0 Å². The number of hydrogen-bond donors (Lipinski definition) is 0. The highest BCUT2D eigenvalue weighted by Gasteiger charge is 2.20. The van der Waals surface area contributed by atoms with E-state index in [1.54, 1.807) is 4.90 Å². The molecular weight excluding hydrogens is 270 g/mol. The van der Waals surface area contributed by atoms with Gasteiger partial charge in [-0.25, -0.2) is 4.21 Å². The van der Waals surface area contributed by atoms with Crippen molar-refractivity contribution in [3.8, 4) is 0 Å². The summed E-state index contributed by atoms with van der Waals surface area (Å²) >= 11 is 0. The average Bonchev–Trinajstić information content (AvgIpc) is 2.43. The Balaban J connectivity index is 2.65. The van der Waals surface area contributed by atoms with Gasteiger partial charge in [0.2, 0.25) is 0 Å². The molecule has 20 heavy (non-hydrogen) atoms. The van der Waals surface area contributed by atoms with Crippen LogP contribution in [0, 0.1) is 5.92 Å². The van der Waals surface area contributed by atoms with Gasteiger partial charge in [-0.3, -0.25) is 4.79 Å². The molecule has 1 amide bonds. The van der Waals surface area contributed by atoms with Crippen molar-refractivity contribution in [1.29, 1.82) is 0 Å². The third-order valence-corrected chi connectivity index (χ3v) is 4.20. The molecule has 112 valence electrons. The summed E-state index contributed by atoms with van der Waals surface area (Å²) in [6, 6.07) is 9.54. The van der Waals surface area contributed by atoms with Crippen molar-refractivity contribution in [2.24, 2.45) is 5.92 Å². The molecular formula is C16H25NO2S. The Bertz CT molecular complexity index is 431. The van der Waals surface area contributed by atoms with Crippen molar-refractivity contribution in [2.75, 3.05) is 13.1 Å². The van der Waals surface area contributed by atoms with Crippen LogP contribution in [0.5, 0.6) is 0 Å². The third-order valence-electron chi connectivity index (χ3n) is 2.96. The highest BCUT2D eigenvalue weighted by Crippen LogP contribution is 2.10. The van der Waals surface area contributed by atoms with Crippen molar-refractivity contribution in [2.45, 2.75) is 39.4 Å². The molecule has 0 aliphatic heterocycles. The van der Waals surface area contributed by atoms with Gasteiger partial charge in [-0.15, -0.1) is 0 Å². The lowest BCUT2D eigenvalue weighted by Gasteiger charge is -2.23. The average molecular weight is 295 g/mol. The zero-order valence-electron chi connectivity index (χ0n) is 12.7. The van der Waals surface area contributed by atoms with Crippen LogP contribution in [0.2, 0.25) is 0 Å². The van der Waals surface area contributed by atoms with Crippen LogP contribution < -0.4 is 0 Å². The Morgan fingerprint density at radius 2 is 1.90 bits per heavy atom. The van der Waals surface area contributed by atoms with Gasteiger partial charge in [-0.05, 0) is 17.9 Å². The van der Waals surface area contributed by atoms with Crippen LogP contribution >= 0.6 is 0 Å². The number of nitrogens with zero attached hydrogens (tertiary/aromatic N) is 1.